The van der Waals surface area contributed by atoms with E-state index in [9.17, 15) is 4.79 Å². The van der Waals surface area contributed by atoms with Gasteiger partial charge in [-0.15, -0.1) is 24.8 Å². The van der Waals surface area contributed by atoms with Crippen molar-refractivity contribution in [3.63, 3.8) is 0 Å². The van der Waals surface area contributed by atoms with Gasteiger partial charge in [0.05, 0.1) is 5.69 Å². The number of hydrogen-bond donors (Lipinski definition) is 2. The lowest BCUT2D eigenvalue weighted by Gasteiger charge is -2.15. The summed E-state index contributed by atoms with van der Waals surface area (Å²) in [6.07, 6.45) is 0.741. The molecular formula is C14H28Cl2N4O. The third-order valence-electron chi connectivity index (χ3n) is 3.69. The molecule has 2 N–H and O–H groups in total. The number of hydrogen-bond acceptors (Lipinski definition) is 3. The van der Waals surface area contributed by atoms with Crippen LogP contribution in [0, 0.1) is 19.8 Å². The summed E-state index contributed by atoms with van der Waals surface area (Å²) in [5, 5.41) is 10.5. The summed E-state index contributed by atoms with van der Waals surface area (Å²) in [5.41, 5.74) is 3.34. The molecule has 124 valence electrons. The van der Waals surface area contributed by atoms with Gasteiger partial charge in [-0.2, -0.15) is 5.10 Å². The van der Waals surface area contributed by atoms with E-state index < -0.39 is 0 Å². The molecule has 0 aromatic carbocycles. The van der Waals surface area contributed by atoms with E-state index in [0.717, 1.165) is 17.8 Å². The second kappa shape index (κ2) is 10.0. The Morgan fingerprint density at radius 3 is 2.29 bits per heavy atom. The second-order valence-corrected chi connectivity index (χ2v) is 5.31. The van der Waals surface area contributed by atoms with Gasteiger partial charge >= 0.3 is 0 Å². The zero-order chi connectivity index (χ0) is 14.6. The molecule has 1 aromatic heterocycles. The highest BCUT2D eigenvalue weighted by Gasteiger charge is 2.18. The Balaban J connectivity index is 0. The monoisotopic (exact) mass is 338 g/mol. The van der Waals surface area contributed by atoms with E-state index in [4.69, 9.17) is 0 Å². The summed E-state index contributed by atoms with van der Waals surface area (Å²) < 4.78 is 1.87. The van der Waals surface area contributed by atoms with Crippen molar-refractivity contribution in [1.82, 2.24) is 20.4 Å². The normalized spacial score (nSPS) is 12.9. The molecule has 1 heterocycles. The highest BCUT2D eigenvalue weighted by Crippen LogP contribution is 2.16. The quantitative estimate of drug-likeness (QED) is 0.831. The molecule has 0 radical (unpaired) electrons. The van der Waals surface area contributed by atoms with Gasteiger partial charge in [0.1, 0.15) is 0 Å². The minimum absolute atomic E-state index is 0. The maximum atomic E-state index is 12.0. The second-order valence-electron chi connectivity index (χ2n) is 5.31. The molecule has 0 aliphatic rings. The zero-order valence-corrected chi connectivity index (χ0v) is 15.3. The number of aromatic nitrogens is 2. The van der Waals surface area contributed by atoms with E-state index in [1.807, 2.05) is 46.5 Å². The number of aryl methyl sites for hydroxylation is 2. The Labute approximate surface area is 140 Å². The number of halogens is 2. The Kier molecular flexibility index (Phi) is 10.7. The largest absolute Gasteiger partial charge is 0.354 e. The highest BCUT2D eigenvalue weighted by atomic mass is 35.5. The van der Waals surface area contributed by atoms with Crippen LogP contribution in [0.25, 0.3) is 0 Å². The maximum Gasteiger partial charge on any atom is 0.223 e. The molecular weight excluding hydrogens is 311 g/mol. The first-order valence-electron chi connectivity index (χ1n) is 6.80. The average Bonchev–Trinajstić information content (AvgIpc) is 2.61. The molecule has 1 rings (SSSR count). The van der Waals surface area contributed by atoms with Crippen LogP contribution in [0.5, 0.6) is 0 Å². The first-order valence-corrected chi connectivity index (χ1v) is 6.80. The highest BCUT2D eigenvalue weighted by molar-refractivity contribution is 5.85. The predicted molar refractivity (Wildman–Crippen MR) is 91.6 cm³/mol. The molecule has 0 aliphatic heterocycles. The van der Waals surface area contributed by atoms with Crippen LogP contribution in [0.1, 0.15) is 30.8 Å². The summed E-state index contributed by atoms with van der Waals surface area (Å²) in [7, 11) is 3.83. The van der Waals surface area contributed by atoms with E-state index in [-0.39, 0.29) is 42.7 Å². The van der Waals surface area contributed by atoms with Crippen molar-refractivity contribution in [3.8, 4) is 0 Å². The SMILES string of the molecule is CNC(C)CNC(=O)C(C)Cc1c(C)nn(C)c1C.Cl.Cl. The number of nitrogens with one attached hydrogen (secondary N) is 2. The van der Waals surface area contributed by atoms with Crippen LogP contribution >= 0.6 is 24.8 Å². The van der Waals surface area contributed by atoms with Gasteiger partial charge in [-0.05, 0) is 39.8 Å². The molecule has 7 heteroatoms. The number of carbonyl (C=O) groups excluding carboxylic acids is 1. The van der Waals surface area contributed by atoms with Gasteiger partial charge in [-0.25, -0.2) is 0 Å². The minimum atomic E-state index is -0.0364. The fourth-order valence-corrected chi connectivity index (χ4v) is 2.04. The Hall–Kier alpha value is -0.780. The van der Waals surface area contributed by atoms with Crippen molar-refractivity contribution in [3.05, 3.63) is 17.0 Å². The van der Waals surface area contributed by atoms with Gasteiger partial charge in [0, 0.05) is 31.2 Å². The first kappa shape index (κ1) is 22.5. The van der Waals surface area contributed by atoms with Crippen LogP contribution in [0.15, 0.2) is 0 Å². The van der Waals surface area contributed by atoms with Gasteiger partial charge in [0.15, 0.2) is 0 Å². The van der Waals surface area contributed by atoms with Gasteiger partial charge in [0.25, 0.3) is 0 Å². The van der Waals surface area contributed by atoms with Crippen molar-refractivity contribution < 1.29 is 4.79 Å². The van der Waals surface area contributed by atoms with Crippen molar-refractivity contribution in [1.29, 1.82) is 0 Å². The standard InChI is InChI=1S/C14H26N4O.2ClH/c1-9(14(19)16-8-10(2)15-5)7-13-11(3)17-18(6)12(13)4;;/h9-10,15H,7-8H2,1-6H3,(H,16,19);2*1H. The Bertz CT molecular complexity index is 448. The molecule has 2 unspecified atom stereocenters. The fourth-order valence-electron chi connectivity index (χ4n) is 2.04. The van der Waals surface area contributed by atoms with Crippen LogP contribution in [0.3, 0.4) is 0 Å². The summed E-state index contributed by atoms with van der Waals surface area (Å²) >= 11 is 0. The lowest BCUT2D eigenvalue weighted by atomic mass is 9.99. The topological polar surface area (TPSA) is 58.9 Å². The molecule has 2 atom stereocenters. The molecule has 21 heavy (non-hydrogen) atoms. The van der Waals surface area contributed by atoms with E-state index in [1.54, 1.807) is 0 Å². The van der Waals surface area contributed by atoms with Gasteiger partial charge < -0.3 is 10.6 Å². The van der Waals surface area contributed by atoms with Gasteiger partial charge in [-0.1, -0.05) is 6.92 Å². The number of rotatable bonds is 6. The summed E-state index contributed by atoms with van der Waals surface area (Å²) in [6.45, 7) is 8.70. The van der Waals surface area contributed by atoms with Gasteiger partial charge in [0.2, 0.25) is 5.91 Å². The maximum absolute atomic E-state index is 12.0. The molecule has 0 aliphatic carbocycles. The molecule has 0 bridgehead atoms. The first-order chi connectivity index (χ1) is 8.86. The van der Waals surface area contributed by atoms with Crippen LogP contribution < -0.4 is 10.6 Å². The van der Waals surface area contributed by atoms with Gasteiger partial charge in [-0.3, -0.25) is 9.48 Å². The predicted octanol–water partition coefficient (Wildman–Crippen LogP) is 1.78. The summed E-state index contributed by atoms with van der Waals surface area (Å²) in [4.78, 5) is 12.0. The fraction of sp³-hybridized carbons (Fsp3) is 0.714. The summed E-state index contributed by atoms with van der Waals surface area (Å²) in [6, 6.07) is 0.290. The van der Waals surface area contributed by atoms with Crippen LogP contribution in [-0.4, -0.2) is 35.3 Å². The Morgan fingerprint density at radius 1 is 1.29 bits per heavy atom. The van der Waals surface area contributed by atoms with E-state index >= 15 is 0 Å². The number of amides is 1. The third-order valence-corrected chi connectivity index (χ3v) is 3.69. The van der Waals surface area contributed by atoms with E-state index in [0.29, 0.717) is 6.54 Å². The number of nitrogens with zero attached hydrogens (tertiary/aromatic N) is 2. The number of carbonyl (C=O) groups is 1. The number of likely N-dealkylation sites (N-methyl/N-ethyl adjacent to an activating group) is 1. The van der Waals surface area contributed by atoms with Crippen molar-refractivity contribution in [2.75, 3.05) is 13.6 Å². The summed E-state index contributed by atoms with van der Waals surface area (Å²) in [5.74, 6) is 0.0652. The third kappa shape index (κ3) is 6.24. The lowest BCUT2D eigenvalue weighted by Crippen LogP contribution is -2.39. The van der Waals surface area contributed by atoms with Crippen molar-refractivity contribution in [2.24, 2.45) is 13.0 Å². The van der Waals surface area contributed by atoms with E-state index in [2.05, 4.69) is 15.7 Å². The van der Waals surface area contributed by atoms with E-state index in [1.165, 1.54) is 5.56 Å². The van der Waals surface area contributed by atoms with Crippen LogP contribution in [0.4, 0.5) is 0 Å². The Morgan fingerprint density at radius 2 is 1.86 bits per heavy atom. The molecule has 5 nitrogen and oxygen atoms in total. The molecule has 0 fully saturated rings. The van der Waals surface area contributed by atoms with Crippen molar-refractivity contribution >= 4 is 30.7 Å². The van der Waals surface area contributed by atoms with Crippen LogP contribution in [-0.2, 0) is 18.3 Å². The molecule has 1 amide bonds. The minimum Gasteiger partial charge on any atom is -0.354 e. The molecule has 0 spiro atoms. The molecule has 0 saturated heterocycles. The van der Waals surface area contributed by atoms with Crippen molar-refractivity contribution in [2.45, 2.75) is 40.2 Å². The lowest BCUT2D eigenvalue weighted by molar-refractivity contribution is -0.124. The smallest absolute Gasteiger partial charge is 0.223 e. The average molecular weight is 339 g/mol. The molecule has 0 saturated carbocycles. The zero-order valence-electron chi connectivity index (χ0n) is 13.7. The molecule has 1 aromatic rings. The van der Waals surface area contributed by atoms with Crippen LogP contribution in [0.2, 0.25) is 0 Å².